The molecule has 1 unspecified atom stereocenters. The molecule has 0 saturated heterocycles. The minimum Gasteiger partial charge on any atom is -0.354 e. The van der Waals surface area contributed by atoms with E-state index in [0.717, 1.165) is 6.42 Å². The number of aryl methyl sites for hydroxylation is 1. The molecule has 2 rings (SSSR count). The van der Waals surface area contributed by atoms with Crippen LogP contribution in [-0.2, 0) is 11.2 Å². The molecule has 114 valence electrons. The number of fused-ring (bicyclic) bond motifs is 1. The molecule has 0 spiro atoms. The van der Waals surface area contributed by atoms with Crippen LogP contribution in [0.3, 0.4) is 0 Å². The van der Waals surface area contributed by atoms with Crippen molar-refractivity contribution in [3.05, 3.63) is 29.8 Å². The summed E-state index contributed by atoms with van der Waals surface area (Å²) in [7, 11) is 0. The van der Waals surface area contributed by atoms with Crippen molar-refractivity contribution >= 4 is 28.5 Å². The van der Waals surface area contributed by atoms with E-state index >= 15 is 0 Å². The third-order valence-corrected chi connectivity index (χ3v) is 3.55. The number of nitrogens with zero attached hydrogens (tertiary/aromatic N) is 2. The molecule has 1 N–H and O–H groups in total. The average molecular weight is 312 g/mol. The predicted octanol–water partition coefficient (Wildman–Crippen LogP) is 3.04. The second-order valence-electron chi connectivity index (χ2n) is 4.94. The lowest BCUT2D eigenvalue weighted by molar-refractivity contribution is -0.123. The van der Waals surface area contributed by atoms with E-state index in [1.807, 2.05) is 6.92 Å². The summed E-state index contributed by atoms with van der Waals surface area (Å²) in [6.45, 7) is 4.40. The number of aromatic nitrogens is 2. The van der Waals surface area contributed by atoms with Crippen molar-refractivity contribution in [1.82, 2.24) is 14.9 Å². The number of alkyl halides is 1. The topological polar surface area (TPSA) is 46.9 Å². The summed E-state index contributed by atoms with van der Waals surface area (Å²) in [6.07, 6.45) is 1.40. The molecule has 0 aliphatic carbocycles. The summed E-state index contributed by atoms with van der Waals surface area (Å²) in [5.41, 5.74) is 1.29. The van der Waals surface area contributed by atoms with E-state index in [-0.39, 0.29) is 11.7 Å². The number of halogens is 2. The van der Waals surface area contributed by atoms with Crippen LogP contribution in [-0.4, -0.2) is 27.9 Å². The van der Waals surface area contributed by atoms with Gasteiger partial charge in [0.15, 0.2) is 0 Å². The Morgan fingerprint density at radius 3 is 2.95 bits per heavy atom. The number of imidazole rings is 1. The van der Waals surface area contributed by atoms with Crippen molar-refractivity contribution in [2.24, 2.45) is 0 Å². The van der Waals surface area contributed by atoms with Crippen LogP contribution in [0.1, 0.15) is 32.1 Å². The standard InChI is InChI=1S/C15H19ClFN3O/c1-3-8-18-15(21)10(2)20-13-9-11(17)4-5-12(13)19-14(20)6-7-16/h4-5,9-10H,3,6-8H2,1-2H3,(H,18,21). The molecule has 0 aliphatic heterocycles. The van der Waals surface area contributed by atoms with Crippen LogP contribution < -0.4 is 5.32 Å². The quantitative estimate of drug-likeness (QED) is 0.834. The van der Waals surface area contributed by atoms with Crippen LogP contribution in [0.4, 0.5) is 4.39 Å². The monoisotopic (exact) mass is 311 g/mol. The van der Waals surface area contributed by atoms with Gasteiger partial charge in [0, 0.05) is 18.8 Å². The van der Waals surface area contributed by atoms with Crippen molar-refractivity contribution in [3.63, 3.8) is 0 Å². The zero-order valence-electron chi connectivity index (χ0n) is 12.2. The number of hydrogen-bond acceptors (Lipinski definition) is 2. The number of benzene rings is 1. The second-order valence-corrected chi connectivity index (χ2v) is 5.32. The van der Waals surface area contributed by atoms with Gasteiger partial charge in [-0.1, -0.05) is 6.92 Å². The summed E-state index contributed by atoms with van der Waals surface area (Å²) in [5, 5.41) is 2.85. The van der Waals surface area contributed by atoms with Gasteiger partial charge in [-0.05, 0) is 31.5 Å². The molecule has 1 aromatic heterocycles. The molecule has 0 radical (unpaired) electrons. The van der Waals surface area contributed by atoms with Gasteiger partial charge in [0.25, 0.3) is 0 Å². The maximum atomic E-state index is 13.5. The molecule has 0 saturated carbocycles. The highest BCUT2D eigenvalue weighted by molar-refractivity contribution is 6.17. The van der Waals surface area contributed by atoms with Crippen molar-refractivity contribution in [3.8, 4) is 0 Å². The molecule has 1 heterocycles. The first-order valence-corrected chi connectivity index (χ1v) is 7.62. The van der Waals surface area contributed by atoms with E-state index in [0.29, 0.717) is 35.7 Å². The molecule has 6 heteroatoms. The average Bonchev–Trinajstić information content (AvgIpc) is 2.81. The number of carbonyl (C=O) groups excluding carboxylic acids is 1. The van der Waals surface area contributed by atoms with Gasteiger partial charge in [0.05, 0.1) is 11.0 Å². The summed E-state index contributed by atoms with van der Waals surface area (Å²) >= 11 is 5.81. The minimum atomic E-state index is -0.457. The lowest BCUT2D eigenvalue weighted by Gasteiger charge is -2.17. The van der Waals surface area contributed by atoms with Gasteiger partial charge in [0.1, 0.15) is 17.7 Å². The molecule has 2 aromatic rings. The molecule has 4 nitrogen and oxygen atoms in total. The Morgan fingerprint density at radius 1 is 1.52 bits per heavy atom. The molecular formula is C15H19ClFN3O. The van der Waals surface area contributed by atoms with Gasteiger partial charge in [0.2, 0.25) is 5.91 Å². The Kier molecular flexibility index (Phi) is 5.17. The third-order valence-electron chi connectivity index (χ3n) is 3.36. The van der Waals surface area contributed by atoms with E-state index in [4.69, 9.17) is 11.6 Å². The Labute approximate surface area is 128 Å². The summed E-state index contributed by atoms with van der Waals surface area (Å²) in [5.74, 6) is 0.651. The fraction of sp³-hybridized carbons (Fsp3) is 0.467. The largest absolute Gasteiger partial charge is 0.354 e. The van der Waals surface area contributed by atoms with Gasteiger partial charge in [-0.3, -0.25) is 4.79 Å². The molecule has 1 atom stereocenters. The number of nitrogens with one attached hydrogen (secondary N) is 1. The molecule has 0 fully saturated rings. The Bertz CT molecular complexity index is 641. The SMILES string of the molecule is CCCNC(=O)C(C)n1c(CCCl)nc2ccc(F)cc21. The number of rotatable bonds is 6. The maximum absolute atomic E-state index is 13.5. The molecular weight excluding hydrogens is 293 g/mol. The summed E-state index contributed by atoms with van der Waals surface area (Å²) in [4.78, 5) is 16.7. The normalized spacial score (nSPS) is 12.6. The van der Waals surface area contributed by atoms with Gasteiger partial charge < -0.3 is 9.88 Å². The Balaban J connectivity index is 2.45. The predicted molar refractivity (Wildman–Crippen MR) is 82.1 cm³/mol. The fourth-order valence-electron chi connectivity index (χ4n) is 2.32. The zero-order valence-corrected chi connectivity index (χ0v) is 13.0. The third kappa shape index (κ3) is 3.35. The van der Waals surface area contributed by atoms with E-state index in [1.165, 1.54) is 12.1 Å². The second kappa shape index (κ2) is 6.89. The van der Waals surface area contributed by atoms with Gasteiger partial charge in [-0.2, -0.15) is 0 Å². The van der Waals surface area contributed by atoms with E-state index in [1.54, 1.807) is 17.6 Å². The molecule has 1 aromatic carbocycles. The highest BCUT2D eigenvalue weighted by Crippen LogP contribution is 2.23. The summed E-state index contributed by atoms with van der Waals surface area (Å²) < 4.78 is 15.3. The number of hydrogen-bond donors (Lipinski definition) is 1. The Morgan fingerprint density at radius 2 is 2.29 bits per heavy atom. The van der Waals surface area contributed by atoms with Crippen LogP contribution in [0, 0.1) is 5.82 Å². The van der Waals surface area contributed by atoms with Crippen LogP contribution in [0.2, 0.25) is 0 Å². The first kappa shape index (κ1) is 15.8. The van der Waals surface area contributed by atoms with E-state index in [2.05, 4.69) is 10.3 Å². The lowest BCUT2D eigenvalue weighted by atomic mass is 10.2. The van der Waals surface area contributed by atoms with E-state index < -0.39 is 6.04 Å². The minimum absolute atomic E-state index is 0.101. The van der Waals surface area contributed by atoms with Crippen LogP contribution in [0.25, 0.3) is 11.0 Å². The molecule has 0 aliphatic rings. The molecule has 1 amide bonds. The lowest BCUT2D eigenvalue weighted by Crippen LogP contribution is -2.32. The summed E-state index contributed by atoms with van der Waals surface area (Å²) in [6, 6.07) is 3.94. The number of amides is 1. The molecule has 0 bridgehead atoms. The highest BCUT2D eigenvalue weighted by atomic mass is 35.5. The first-order chi connectivity index (χ1) is 10.1. The van der Waals surface area contributed by atoms with E-state index in [9.17, 15) is 9.18 Å². The first-order valence-electron chi connectivity index (χ1n) is 7.08. The van der Waals surface area contributed by atoms with Crippen molar-refractivity contribution in [2.45, 2.75) is 32.7 Å². The highest BCUT2D eigenvalue weighted by Gasteiger charge is 2.21. The fourth-order valence-corrected chi connectivity index (χ4v) is 2.49. The van der Waals surface area contributed by atoms with Crippen molar-refractivity contribution in [1.29, 1.82) is 0 Å². The van der Waals surface area contributed by atoms with Crippen LogP contribution in [0.15, 0.2) is 18.2 Å². The zero-order chi connectivity index (χ0) is 15.4. The van der Waals surface area contributed by atoms with Crippen LogP contribution in [0.5, 0.6) is 0 Å². The smallest absolute Gasteiger partial charge is 0.242 e. The number of carbonyl (C=O) groups is 1. The van der Waals surface area contributed by atoms with Crippen LogP contribution >= 0.6 is 11.6 Å². The Hall–Kier alpha value is -1.62. The molecule has 21 heavy (non-hydrogen) atoms. The van der Waals surface area contributed by atoms with Crippen molar-refractivity contribution in [2.75, 3.05) is 12.4 Å². The van der Waals surface area contributed by atoms with Crippen molar-refractivity contribution < 1.29 is 9.18 Å². The van der Waals surface area contributed by atoms with Gasteiger partial charge in [-0.25, -0.2) is 9.37 Å². The van der Waals surface area contributed by atoms with Gasteiger partial charge >= 0.3 is 0 Å². The van der Waals surface area contributed by atoms with Gasteiger partial charge in [-0.15, -0.1) is 11.6 Å². The maximum Gasteiger partial charge on any atom is 0.242 e.